The van der Waals surface area contributed by atoms with E-state index in [0.29, 0.717) is 26.2 Å². The van der Waals surface area contributed by atoms with Gasteiger partial charge >= 0.3 is 0 Å². The van der Waals surface area contributed by atoms with E-state index < -0.39 is 10.8 Å². The van der Waals surface area contributed by atoms with Gasteiger partial charge in [0.1, 0.15) is 17.3 Å². The summed E-state index contributed by atoms with van der Waals surface area (Å²) in [7, 11) is 0. The third-order valence-corrected chi connectivity index (χ3v) is 3.52. The summed E-state index contributed by atoms with van der Waals surface area (Å²) in [5.41, 5.74) is -0.380. The Labute approximate surface area is 137 Å². The summed E-state index contributed by atoms with van der Waals surface area (Å²) in [4.78, 5) is 36.6. The Balaban J connectivity index is 2.10. The van der Waals surface area contributed by atoms with Crippen molar-refractivity contribution in [1.82, 2.24) is 9.80 Å². The highest BCUT2D eigenvalue weighted by atomic mass is 16.6. The summed E-state index contributed by atoms with van der Waals surface area (Å²) in [6.45, 7) is 2.01. The van der Waals surface area contributed by atoms with Crippen molar-refractivity contribution >= 4 is 23.7 Å². The van der Waals surface area contributed by atoms with Gasteiger partial charge in [0.15, 0.2) is 0 Å². The van der Waals surface area contributed by atoms with Crippen LogP contribution in [0.25, 0.3) is 0 Å². The highest BCUT2D eigenvalue weighted by Crippen LogP contribution is 2.23. The Morgan fingerprint density at radius 3 is 2.46 bits per heavy atom. The van der Waals surface area contributed by atoms with E-state index in [9.17, 15) is 25.0 Å². The van der Waals surface area contributed by atoms with Gasteiger partial charge in [0.2, 0.25) is 6.41 Å². The van der Waals surface area contributed by atoms with E-state index in [1.807, 2.05) is 0 Å². The number of hydrogen-bond acceptors (Lipinski definition) is 6. The molecule has 0 unspecified atom stereocenters. The molecule has 0 radical (unpaired) electrons. The van der Waals surface area contributed by atoms with Crippen LogP contribution in [0.3, 0.4) is 0 Å². The molecule has 1 heterocycles. The number of carbonyl (C=O) groups is 2. The van der Waals surface area contributed by atoms with Crippen molar-refractivity contribution in [2.75, 3.05) is 31.5 Å². The number of nitrogens with zero attached hydrogens (tertiary/aromatic N) is 4. The molecule has 9 heteroatoms. The minimum Gasteiger partial charge on any atom is -0.373 e. The lowest BCUT2D eigenvalue weighted by Crippen LogP contribution is -2.43. The van der Waals surface area contributed by atoms with Crippen LogP contribution in [0, 0.1) is 21.4 Å². The molecule has 124 valence electrons. The molecule has 1 fully saturated rings. The Morgan fingerprint density at radius 1 is 1.25 bits per heavy atom. The number of nitriles is 1. The van der Waals surface area contributed by atoms with Gasteiger partial charge in [-0.3, -0.25) is 19.7 Å². The van der Waals surface area contributed by atoms with E-state index in [1.165, 1.54) is 24.4 Å². The molecular weight excluding hydrogens is 314 g/mol. The van der Waals surface area contributed by atoms with Gasteiger partial charge in [0, 0.05) is 38.4 Å². The van der Waals surface area contributed by atoms with Gasteiger partial charge in [-0.1, -0.05) is 12.1 Å². The molecule has 2 amide bonds. The Hall–Kier alpha value is -3.41. The fourth-order valence-corrected chi connectivity index (χ4v) is 2.22. The molecule has 1 saturated heterocycles. The van der Waals surface area contributed by atoms with Crippen LogP contribution in [-0.2, 0) is 9.59 Å². The highest BCUT2D eigenvalue weighted by molar-refractivity contribution is 6.07. The van der Waals surface area contributed by atoms with Crippen LogP contribution in [0.4, 0.5) is 11.4 Å². The zero-order valence-electron chi connectivity index (χ0n) is 12.7. The molecule has 1 aromatic rings. The summed E-state index contributed by atoms with van der Waals surface area (Å²) < 4.78 is 0. The van der Waals surface area contributed by atoms with E-state index >= 15 is 0 Å². The van der Waals surface area contributed by atoms with Crippen LogP contribution >= 0.6 is 0 Å². The first-order valence-electron chi connectivity index (χ1n) is 7.15. The molecule has 1 aliphatic heterocycles. The van der Waals surface area contributed by atoms with Gasteiger partial charge in [0.05, 0.1) is 4.92 Å². The molecule has 0 atom stereocenters. The summed E-state index contributed by atoms with van der Waals surface area (Å²) in [5.74, 6) is -0.718. The molecule has 0 bridgehead atoms. The second-order valence-corrected chi connectivity index (χ2v) is 5.06. The Kier molecular flexibility index (Phi) is 5.46. The van der Waals surface area contributed by atoms with Crippen molar-refractivity contribution in [2.24, 2.45) is 0 Å². The van der Waals surface area contributed by atoms with Gasteiger partial charge in [-0.15, -0.1) is 0 Å². The number of nitrogens with one attached hydrogen (secondary N) is 1. The zero-order chi connectivity index (χ0) is 17.5. The summed E-state index contributed by atoms with van der Waals surface area (Å²) in [5, 5.41) is 22.5. The van der Waals surface area contributed by atoms with Gasteiger partial charge in [-0.05, 0) is 6.07 Å². The number of rotatable bonds is 5. The van der Waals surface area contributed by atoms with Crippen LogP contribution in [0.15, 0.2) is 36.0 Å². The van der Waals surface area contributed by atoms with Crippen molar-refractivity contribution in [1.29, 1.82) is 5.26 Å². The third kappa shape index (κ3) is 4.07. The lowest BCUT2D eigenvalue weighted by Gasteiger charge is -2.31. The van der Waals surface area contributed by atoms with Gasteiger partial charge < -0.3 is 15.1 Å². The molecule has 0 saturated carbocycles. The minimum atomic E-state index is -0.718. The zero-order valence-corrected chi connectivity index (χ0v) is 12.7. The summed E-state index contributed by atoms with van der Waals surface area (Å²) >= 11 is 0. The fourth-order valence-electron chi connectivity index (χ4n) is 2.22. The number of nitro benzene ring substituents is 1. The predicted octanol–water partition coefficient (Wildman–Crippen LogP) is 0.715. The second-order valence-electron chi connectivity index (χ2n) is 5.06. The van der Waals surface area contributed by atoms with E-state index in [-0.39, 0.29) is 16.9 Å². The average Bonchev–Trinajstić information content (AvgIpc) is 2.60. The monoisotopic (exact) mass is 329 g/mol. The van der Waals surface area contributed by atoms with Crippen LogP contribution in [0.5, 0.6) is 0 Å². The molecular formula is C15H15N5O4. The van der Waals surface area contributed by atoms with E-state index in [0.717, 1.165) is 6.41 Å². The Morgan fingerprint density at radius 2 is 1.88 bits per heavy atom. The van der Waals surface area contributed by atoms with Crippen molar-refractivity contribution < 1.29 is 14.5 Å². The number of anilines is 1. The summed E-state index contributed by atoms with van der Waals surface area (Å²) in [6.07, 6.45) is 2.17. The minimum absolute atomic E-state index is 0.0272. The number of piperazine rings is 1. The maximum atomic E-state index is 12.2. The van der Waals surface area contributed by atoms with Gasteiger partial charge in [-0.2, -0.15) is 5.26 Å². The number of nitro groups is 1. The van der Waals surface area contributed by atoms with Crippen molar-refractivity contribution in [3.05, 3.63) is 46.2 Å². The summed E-state index contributed by atoms with van der Waals surface area (Å²) in [6, 6.07) is 7.50. The lowest BCUT2D eigenvalue weighted by molar-refractivity contribution is -0.383. The smallest absolute Gasteiger partial charge is 0.292 e. The molecule has 1 aliphatic rings. The number of para-hydroxylation sites is 2. The molecule has 0 aromatic heterocycles. The SMILES string of the molecule is N#C/C(=C/N1CCN(C=O)CC1)C(=O)Nc1ccccc1[N+](=O)[O-]. The highest BCUT2D eigenvalue weighted by Gasteiger charge is 2.19. The molecule has 0 aliphatic carbocycles. The molecule has 1 aromatic carbocycles. The standard InChI is InChI=1S/C15H15N5O4/c16-9-12(10-18-5-7-19(11-21)8-6-18)15(22)17-13-3-1-2-4-14(13)20(23)24/h1-4,10-11H,5-8H2,(H,17,22)/b12-10-. The maximum absolute atomic E-state index is 12.2. The molecule has 2 rings (SSSR count). The lowest BCUT2D eigenvalue weighted by atomic mass is 10.2. The van der Waals surface area contributed by atoms with Crippen molar-refractivity contribution in [3.63, 3.8) is 0 Å². The number of amides is 2. The topological polar surface area (TPSA) is 120 Å². The molecule has 0 spiro atoms. The number of benzene rings is 1. The van der Waals surface area contributed by atoms with Crippen LogP contribution in [-0.4, -0.2) is 53.2 Å². The first-order valence-corrected chi connectivity index (χ1v) is 7.15. The first-order chi connectivity index (χ1) is 11.5. The van der Waals surface area contributed by atoms with Crippen molar-refractivity contribution in [3.8, 4) is 6.07 Å². The number of carbonyl (C=O) groups excluding carboxylic acids is 2. The third-order valence-electron chi connectivity index (χ3n) is 3.52. The Bertz CT molecular complexity index is 717. The maximum Gasteiger partial charge on any atom is 0.292 e. The largest absolute Gasteiger partial charge is 0.373 e. The quantitative estimate of drug-likeness (QED) is 0.279. The van der Waals surface area contributed by atoms with Gasteiger partial charge in [0.25, 0.3) is 11.6 Å². The fraction of sp³-hybridized carbons (Fsp3) is 0.267. The van der Waals surface area contributed by atoms with E-state index in [4.69, 9.17) is 0 Å². The molecule has 24 heavy (non-hydrogen) atoms. The molecule has 9 nitrogen and oxygen atoms in total. The van der Waals surface area contributed by atoms with E-state index in [2.05, 4.69) is 5.32 Å². The van der Waals surface area contributed by atoms with Crippen LogP contribution in [0.1, 0.15) is 0 Å². The van der Waals surface area contributed by atoms with Gasteiger partial charge in [-0.25, -0.2) is 0 Å². The number of hydrogen-bond donors (Lipinski definition) is 1. The van der Waals surface area contributed by atoms with Crippen LogP contribution in [0.2, 0.25) is 0 Å². The van der Waals surface area contributed by atoms with E-state index in [1.54, 1.807) is 21.9 Å². The van der Waals surface area contributed by atoms with Crippen molar-refractivity contribution in [2.45, 2.75) is 0 Å². The second kappa shape index (κ2) is 7.73. The predicted molar refractivity (Wildman–Crippen MR) is 84.6 cm³/mol. The first kappa shape index (κ1) is 17.0. The average molecular weight is 329 g/mol. The molecule has 1 N–H and O–H groups in total. The van der Waals surface area contributed by atoms with Crippen LogP contribution < -0.4 is 5.32 Å². The normalized spacial score (nSPS) is 14.7.